The van der Waals surface area contributed by atoms with Gasteiger partial charge in [0.05, 0.1) is 4.88 Å². The van der Waals surface area contributed by atoms with Crippen LogP contribution in [0.2, 0.25) is 5.02 Å². The highest BCUT2D eigenvalue weighted by molar-refractivity contribution is 7.14. The molecule has 2 aromatic rings. The normalized spacial score (nSPS) is 10.5. The van der Waals surface area contributed by atoms with E-state index in [0.717, 1.165) is 10.4 Å². The molecule has 0 aliphatic carbocycles. The van der Waals surface area contributed by atoms with Crippen LogP contribution < -0.4 is 0 Å². The predicted molar refractivity (Wildman–Crippen MR) is 81.0 cm³/mol. The molecule has 0 aliphatic heterocycles. The van der Waals surface area contributed by atoms with Crippen LogP contribution in [-0.4, -0.2) is 17.9 Å². The van der Waals surface area contributed by atoms with Crippen LogP contribution >= 0.6 is 22.9 Å². The van der Waals surface area contributed by atoms with Gasteiger partial charge in [0.1, 0.15) is 0 Å². The minimum atomic E-state index is 0.0659. The molecule has 1 aromatic heterocycles. The molecule has 0 fully saturated rings. The Kier molecular flexibility index (Phi) is 4.27. The van der Waals surface area contributed by atoms with Gasteiger partial charge in [-0.15, -0.1) is 11.3 Å². The lowest BCUT2D eigenvalue weighted by atomic mass is 10.2. The third-order valence-electron chi connectivity index (χ3n) is 3.06. The van der Waals surface area contributed by atoms with Crippen molar-refractivity contribution in [3.63, 3.8) is 0 Å². The van der Waals surface area contributed by atoms with E-state index in [1.807, 2.05) is 51.2 Å². The van der Waals surface area contributed by atoms with Gasteiger partial charge in [-0.1, -0.05) is 23.7 Å². The second-order valence-electron chi connectivity index (χ2n) is 4.64. The van der Waals surface area contributed by atoms with Crippen molar-refractivity contribution in [3.05, 3.63) is 56.2 Å². The Morgan fingerprint density at radius 1 is 1.26 bits per heavy atom. The third kappa shape index (κ3) is 3.37. The van der Waals surface area contributed by atoms with Crippen molar-refractivity contribution in [1.82, 2.24) is 4.90 Å². The fourth-order valence-electron chi connectivity index (χ4n) is 1.80. The number of halogens is 1. The summed E-state index contributed by atoms with van der Waals surface area (Å²) < 4.78 is 0. The van der Waals surface area contributed by atoms with E-state index in [9.17, 15) is 4.79 Å². The first-order valence-corrected chi connectivity index (χ1v) is 7.24. The first-order chi connectivity index (χ1) is 8.97. The van der Waals surface area contributed by atoms with E-state index in [-0.39, 0.29) is 5.91 Å². The predicted octanol–water partition coefficient (Wildman–Crippen LogP) is 4.29. The number of thiophene rings is 1. The van der Waals surface area contributed by atoms with Gasteiger partial charge in [0, 0.05) is 23.5 Å². The third-order valence-corrected chi connectivity index (χ3v) is 4.45. The maximum absolute atomic E-state index is 12.3. The van der Waals surface area contributed by atoms with Gasteiger partial charge in [-0.2, -0.15) is 0 Å². The quantitative estimate of drug-likeness (QED) is 0.826. The summed E-state index contributed by atoms with van der Waals surface area (Å²) in [5.41, 5.74) is 2.25. The zero-order valence-corrected chi connectivity index (χ0v) is 12.8. The lowest BCUT2D eigenvalue weighted by molar-refractivity contribution is 0.0790. The van der Waals surface area contributed by atoms with Crippen molar-refractivity contribution >= 4 is 28.8 Å². The molecular formula is C15H16ClNOS. The maximum atomic E-state index is 12.3. The monoisotopic (exact) mass is 293 g/mol. The van der Waals surface area contributed by atoms with Crippen LogP contribution in [0.3, 0.4) is 0 Å². The fourth-order valence-corrected chi connectivity index (χ4v) is 2.96. The van der Waals surface area contributed by atoms with Crippen molar-refractivity contribution < 1.29 is 4.79 Å². The molecule has 100 valence electrons. The summed E-state index contributed by atoms with van der Waals surface area (Å²) in [5.74, 6) is 0.0659. The molecule has 1 aromatic carbocycles. The van der Waals surface area contributed by atoms with Crippen LogP contribution in [0, 0.1) is 13.8 Å². The fraction of sp³-hybridized carbons (Fsp3) is 0.267. The molecule has 2 rings (SSSR count). The summed E-state index contributed by atoms with van der Waals surface area (Å²) in [4.78, 5) is 16.0. The van der Waals surface area contributed by atoms with Crippen molar-refractivity contribution in [2.75, 3.05) is 7.05 Å². The molecule has 19 heavy (non-hydrogen) atoms. The van der Waals surface area contributed by atoms with Gasteiger partial charge in [-0.3, -0.25) is 4.79 Å². The Morgan fingerprint density at radius 2 is 1.89 bits per heavy atom. The number of nitrogens with zero attached hydrogens (tertiary/aromatic N) is 1. The Morgan fingerprint density at radius 3 is 2.42 bits per heavy atom. The highest BCUT2D eigenvalue weighted by Gasteiger charge is 2.15. The highest BCUT2D eigenvalue weighted by Crippen LogP contribution is 2.22. The van der Waals surface area contributed by atoms with Gasteiger partial charge in [-0.05, 0) is 43.2 Å². The van der Waals surface area contributed by atoms with Crippen molar-refractivity contribution in [2.45, 2.75) is 20.4 Å². The zero-order valence-electron chi connectivity index (χ0n) is 11.2. The number of hydrogen-bond donors (Lipinski definition) is 0. The molecule has 1 heterocycles. The minimum absolute atomic E-state index is 0.0659. The van der Waals surface area contributed by atoms with Crippen molar-refractivity contribution in [1.29, 1.82) is 0 Å². The average molecular weight is 294 g/mol. The van der Waals surface area contributed by atoms with E-state index < -0.39 is 0 Å². The van der Waals surface area contributed by atoms with Gasteiger partial charge in [-0.25, -0.2) is 0 Å². The molecule has 2 nitrogen and oxygen atoms in total. The van der Waals surface area contributed by atoms with Crippen LogP contribution in [0.4, 0.5) is 0 Å². The van der Waals surface area contributed by atoms with Gasteiger partial charge in [0.25, 0.3) is 5.91 Å². The molecule has 0 N–H and O–H groups in total. The van der Waals surface area contributed by atoms with Crippen LogP contribution in [0.25, 0.3) is 0 Å². The van der Waals surface area contributed by atoms with E-state index in [1.54, 1.807) is 16.2 Å². The number of hydrogen-bond acceptors (Lipinski definition) is 2. The molecule has 1 amide bonds. The van der Waals surface area contributed by atoms with Gasteiger partial charge < -0.3 is 4.90 Å². The first kappa shape index (κ1) is 14.1. The number of carbonyl (C=O) groups excluding carboxylic acids is 1. The summed E-state index contributed by atoms with van der Waals surface area (Å²) >= 11 is 7.40. The second-order valence-corrected chi connectivity index (χ2v) is 6.33. The number of rotatable bonds is 3. The number of carbonyl (C=O) groups is 1. The SMILES string of the molecule is Cc1cc(C(=O)N(C)Cc2ccc(Cl)cc2)sc1C. The van der Waals surface area contributed by atoms with E-state index in [4.69, 9.17) is 11.6 Å². The van der Waals surface area contributed by atoms with Gasteiger partial charge in [0.2, 0.25) is 0 Å². The van der Waals surface area contributed by atoms with Crippen molar-refractivity contribution in [3.8, 4) is 0 Å². The summed E-state index contributed by atoms with van der Waals surface area (Å²) in [6.45, 7) is 4.66. The lowest BCUT2D eigenvalue weighted by Gasteiger charge is -2.16. The molecule has 0 atom stereocenters. The molecular weight excluding hydrogens is 278 g/mol. The summed E-state index contributed by atoms with van der Waals surface area (Å²) in [6.07, 6.45) is 0. The zero-order chi connectivity index (χ0) is 14.0. The topological polar surface area (TPSA) is 20.3 Å². The van der Waals surface area contributed by atoms with E-state index >= 15 is 0 Å². The van der Waals surface area contributed by atoms with E-state index in [1.165, 1.54) is 10.4 Å². The Hall–Kier alpha value is -1.32. The molecule has 4 heteroatoms. The molecule has 0 spiro atoms. The number of benzene rings is 1. The first-order valence-electron chi connectivity index (χ1n) is 6.04. The van der Waals surface area contributed by atoms with E-state index in [0.29, 0.717) is 11.6 Å². The Balaban J connectivity index is 2.09. The molecule has 0 bridgehead atoms. The molecule has 0 aliphatic rings. The van der Waals surface area contributed by atoms with Crippen LogP contribution in [0.5, 0.6) is 0 Å². The largest absolute Gasteiger partial charge is 0.337 e. The van der Waals surface area contributed by atoms with Crippen LogP contribution in [0.15, 0.2) is 30.3 Å². The Labute approximate surface area is 122 Å². The summed E-state index contributed by atoms with van der Waals surface area (Å²) in [6, 6.07) is 9.53. The summed E-state index contributed by atoms with van der Waals surface area (Å²) in [7, 11) is 1.82. The summed E-state index contributed by atoms with van der Waals surface area (Å²) in [5, 5.41) is 0.710. The Bertz CT molecular complexity index is 569. The average Bonchev–Trinajstić information content (AvgIpc) is 2.71. The molecule has 0 unspecified atom stereocenters. The van der Waals surface area contributed by atoms with Crippen LogP contribution in [-0.2, 0) is 6.54 Å². The van der Waals surface area contributed by atoms with E-state index in [2.05, 4.69) is 0 Å². The van der Waals surface area contributed by atoms with Gasteiger partial charge in [0.15, 0.2) is 0 Å². The van der Waals surface area contributed by atoms with Crippen LogP contribution in [0.1, 0.15) is 25.7 Å². The highest BCUT2D eigenvalue weighted by atomic mass is 35.5. The van der Waals surface area contributed by atoms with Crippen molar-refractivity contribution in [2.24, 2.45) is 0 Å². The molecule has 0 saturated heterocycles. The second kappa shape index (κ2) is 5.76. The number of aryl methyl sites for hydroxylation is 2. The standard InChI is InChI=1S/C15H16ClNOS/c1-10-8-14(19-11(10)2)15(18)17(3)9-12-4-6-13(16)7-5-12/h4-8H,9H2,1-3H3. The minimum Gasteiger partial charge on any atom is -0.337 e. The smallest absolute Gasteiger partial charge is 0.263 e. The molecule has 0 radical (unpaired) electrons. The molecule has 0 saturated carbocycles. The van der Waals surface area contributed by atoms with Gasteiger partial charge >= 0.3 is 0 Å². The number of amides is 1. The lowest BCUT2D eigenvalue weighted by Crippen LogP contribution is -2.25. The maximum Gasteiger partial charge on any atom is 0.263 e.